The zero-order valence-corrected chi connectivity index (χ0v) is 10.0. The number of halogens is 3. The molecule has 0 spiro atoms. The Labute approximate surface area is 103 Å². The highest BCUT2D eigenvalue weighted by molar-refractivity contribution is 5.77. The number of carbonyl (C=O) groups is 1. The van der Waals surface area contributed by atoms with Gasteiger partial charge in [0.1, 0.15) is 6.61 Å². The van der Waals surface area contributed by atoms with Gasteiger partial charge < -0.3 is 10.1 Å². The second-order valence-electron chi connectivity index (χ2n) is 3.84. The van der Waals surface area contributed by atoms with Crippen LogP contribution in [0.4, 0.5) is 13.2 Å². The number of benzene rings is 1. The van der Waals surface area contributed by atoms with Crippen molar-refractivity contribution in [3.05, 3.63) is 35.4 Å². The quantitative estimate of drug-likeness (QED) is 0.904. The number of ether oxygens (including phenoxy) is 1. The predicted molar refractivity (Wildman–Crippen MR) is 59.9 cm³/mol. The maximum absolute atomic E-state index is 12.3. The van der Waals surface area contributed by atoms with Crippen LogP contribution in [0.1, 0.15) is 24.1 Å². The fraction of sp³-hybridized carbons (Fsp3) is 0.417. The largest absolute Gasteiger partial charge is 0.416 e. The third-order valence-electron chi connectivity index (χ3n) is 2.39. The molecule has 18 heavy (non-hydrogen) atoms. The summed E-state index contributed by atoms with van der Waals surface area (Å²) in [6, 6.07) is 4.32. The molecule has 0 aliphatic rings. The first-order valence-corrected chi connectivity index (χ1v) is 5.30. The van der Waals surface area contributed by atoms with E-state index in [0.717, 1.165) is 12.1 Å². The smallest absolute Gasteiger partial charge is 0.375 e. The number of amides is 1. The molecule has 3 nitrogen and oxygen atoms in total. The Balaban J connectivity index is 2.70. The molecule has 1 atom stereocenters. The van der Waals surface area contributed by atoms with E-state index in [1.807, 2.05) is 0 Å². The molecule has 0 radical (unpaired) electrons. The number of nitrogens with one attached hydrogen (secondary N) is 1. The molecule has 1 aromatic carbocycles. The maximum atomic E-state index is 12.3. The van der Waals surface area contributed by atoms with Crippen LogP contribution < -0.4 is 5.32 Å². The Morgan fingerprint density at radius 3 is 2.33 bits per heavy atom. The van der Waals surface area contributed by atoms with Gasteiger partial charge in [0.15, 0.2) is 0 Å². The Kier molecular flexibility index (Phi) is 4.72. The summed E-state index contributed by atoms with van der Waals surface area (Å²) in [7, 11) is 1.39. The molecule has 0 unspecified atom stereocenters. The van der Waals surface area contributed by atoms with Gasteiger partial charge in [-0.3, -0.25) is 4.79 Å². The number of hydrogen-bond acceptors (Lipinski definition) is 2. The lowest BCUT2D eigenvalue weighted by molar-refractivity contribution is -0.137. The van der Waals surface area contributed by atoms with Crippen molar-refractivity contribution in [2.24, 2.45) is 0 Å². The van der Waals surface area contributed by atoms with Crippen molar-refractivity contribution in [1.29, 1.82) is 0 Å². The molecule has 1 aromatic rings. The lowest BCUT2D eigenvalue weighted by Crippen LogP contribution is -2.29. The topological polar surface area (TPSA) is 38.3 Å². The molecule has 0 aliphatic heterocycles. The van der Waals surface area contributed by atoms with E-state index in [1.54, 1.807) is 6.92 Å². The summed E-state index contributed by atoms with van der Waals surface area (Å²) in [5.74, 6) is -0.315. The molecular weight excluding hydrogens is 247 g/mol. The molecular formula is C12H14F3NO2. The van der Waals surface area contributed by atoms with Crippen LogP contribution in [0, 0.1) is 0 Å². The summed E-state index contributed by atoms with van der Waals surface area (Å²) in [6.45, 7) is 1.61. The third kappa shape index (κ3) is 4.03. The van der Waals surface area contributed by atoms with Crippen molar-refractivity contribution < 1.29 is 22.7 Å². The van der Waals surface area contributed by atoms with E-state index in [4.69, 9.17) is 0 Å². The van der Waals surface area contributed by atoms with Crippen LogP contribution >= 0.6 is 0 Å². The molecule has 100 valence electrons. The summed E-state index contributed by atoms with van der Waals surface area (Å²) in [4.78, 5) is 11.2. The molecule has 0 fully saturated rings. The molecule has 0 bridgehead atoms. The van der Waals surface area contributed by atoms with Crippen LogP contribution in [-0.4, -0.2) is 19.6 Å². The van der Waals surface area contributed by atoms with E-state index in [-0.39, 0.29) is 18.6 Å². The number of rotatable bonds is 4. The first-order valence-electron chi connectivity index (χ1n) is 5.30. The molecule has 6 heteroatoms. The van der Waals surface area contributed by atoms with E-state index in [1.165, 1.54) is 19.2 Å². The van der Waals surface area contributed by atoms with Gasteiger partial charge in [-0.05, 0) is 24.6 Å². The Hall–Kier alpha value is -1.56. The lowest BCUT2D eigenvalue weighted by atomic mass is 10.1. The Morgan fingerprint density at radius 1 is 1.33 bits per heavy atom. The van der Waals surface area contributed by atoms with E-state index in [2.05, 4.69) is 10.1 Å². The van der Waals surface area contributed by atoms with Gasteiger partial charge in [0.05, 0.1) is 11.6 Å². The standard InChI is InChI=1S/C12H14F3NO2/c1-8(16-11(17)7-18-2)9-3-5-10(6-4-9)12(13,14)15/h3-6,8H,7H2,1-2H3,(H,16,17)/t8-/m1/s1. The molecule has 0 saturated carbocycles. The first kappa shape index (κ1) is 14.5. The van der Waals surface area contributed by atoms with Crippen molar-refractivity contribution in [1.82, 2.24) is 5.32 Å². The summed E-state index contributed by atoms with van der Waals surface area (Å²) in [5.41, 5.74) is -0.103. The van der Waals surface area contributed by atoms with Gasteiger partial charge in [-0.2, -0.15) is 13.2 Å². The Bertz CT molecular complexity index is 401. The van der Waals surface area contributed by atoms with Crippen LogP contribution in [0.2, 0.25) is 0 Å². The SMILES string of the molecule is COCC(=O)N[C@H](C)c1ccc(C(F)(F)F)cc1. The maximum Gasteiger partial charge on any atom is 0.416 e. The highest BCUT2D eigenvalue weighted by atomic mass is 19.4. The van der Waals surface area contributed by atoms with Gasteiger partial charge in [0.25, 0.3) is 0 Å². The van der Waals surface area contributed by atoms with E-state index < -0.39 is 11.7 Å². The van der Waals surface area contributed by atoms with Gasteiger partial charge >= 0.3 is 6.18 Å². The minimum absolute atomic E-state index is 0.0784. The van der Waals surface area contributed by atoms with Crippen LogP contribution in [0.25, 0.3) is 0 Å². The van der Waals surface area contributed by atoms with Gasteiger partial charge in [-0.1, -0.05) is 12.1 Å². The second-order valence-corrected chi connectivity index (χ2v) is 3.84. The number of alkyl halides is 3. The van der Waals surface area contributed by atoms with Gasteiger partial charge in [0, 0.05) is 7.11 Å². The summed E-state index contributed by atoms with van der Waals surface area (Å²) < 4.78 is 41.7. The minimum Gasteiger partial charge on any atom is -0.375 e. The summed E-state index contributed by atoms with van der Waals surface area (Å²) >= 11 is 0. The average molecular weight is 261 g/mol. The summed E-state index contributed by atoms with van der Waals surface area (Å²) in [5, 5.41) is 2.61. The van der Waals surface area contributed by atoms with Gasteiger partial charge in [0.2, 0.25) is 5.91 Å². The molecule has 1 rings (SSSR count). The van der Waals surface area contributed by atoms with Gasteiger partial charge in [-0.25, -0.2) is 0 Å². The molecule has 0 aliphatic carbocycles. The van der Waals surface area contributed by atoms with Crippen molar-refractivity contribution in [3.63, 3.8) is 0 Å². The lowest BCUT2D eigenvalue weighted by Gasteiger charge is -2.15. The number of carbonyl (C=O) groups excluding carboxylic acids is 1. The highest BCUT2D eigenvalue weighted by Crippen LogP contribution is 2.29. The number of hydrogen-bond donors (Lipinski definition) is 1. The highest BCUT2D eigenvalue weighted by Gasteiger charge is 2.30. The number of methoxy groups -OCH3 is 1. The Morgan fingerprint density at radius 2 is 1.89 bits per heavy atom. The first-order chi connectivity index (χ1) is 8.34. The predicted octanol–water partition coefficient (Wildman–Crippen LogP) is 2.53. The normalized spacial score (nSPS) is 13.2. The van der Waals surface area contributed by atoms with Crippen molar-refractivity contribution >= 4 is 5.91 Å². The average Bonchev–Trinajstić information content (AvgIpc) is 2.28. The van der Waals surface area contributed by atoms with Crippen molar-refractivity contribution in [2.45, 2.75) is 19.1 Å². The van der Waals surface area contributed by atoms with E-state index in [0.29, 0.717) is 5.56 Å². The summed E-state index contributed by atoms with van der Waals surface area (Å²) in [6.07, 6.45) is -4.35. The molecule has 1 N–H and O–H groups in total. The van der Waals surface area contributed by atoms with Crippen LogP contribution in [0.3, 0.4) is 0 Å². The monoisotopic (exact) mass is 261 g/mol. The zero-order chi connectivity index (χ0) is 13.8. The van der Waals surface area contributed by atoms with Crippen molar-refractivity contribution in [2.75, 3.05) is 13.7 Å². The minimum atomic E-state index is -4.35. The second kappa shape index (κ2) is 5.86. The van der Waals surface area contributed by atoms with Crippen molar-refractivity contribution in [3.8, 4) is 0 Å². The molecule has 1 amide bonds. The third-order valence-corrected chi connectivity index (χ3v) is 2.39. The fourth-order valence-corrected chi connectivity index (χ4v) is 1.46. The van der Waals surface area contributed by atoms with Crippen LogP contribution in [-0.2, 0) is 15.7 Å². The van der Waals surface area contributed by atoms with Crippen LogP contribution in [0.5, 0.6) is 0 Å². The molecule has 0 saturated heterocycles. The molecule has 0 aromatic heterocycles. The fourth-order valence-electron chi connectivity index (χ4n) is 1.46. The zero-order valence-electron chi connectivity index (χ0n) is 10.0. The molecule has 0 heterocycles. The van der Waals surface area contributed by atoms with Gasteiger partial charge in [-0.15, -0.1) is 0 Å². The van der Waals surface area contributed by atoms with E-state index >= 15 is 0 Å². The van der Waals surface area contributed by atoms with Crippen LogP contribution in [0.15, 0.2) is 24.3 Å². The van der Waals surface area contributed by atoms with E-state index in [9.17, 15) is 18.0 Å².